The average molecular weight is 374 g/mol. The third-order valence-corrected chi connectivity index (χ3v) is 3.93. The van der Waals surface area contributed by atoms with Crippen molar-refractivity contribution in [2.45, 2.75) is 0 Å². The summed E-state index contributed by atoms with van der Waals surface area (Å²) in [5.74, 6) is 1.41. The van der Waals surface area contributed by atoms with Crippen LogP contribution in [0, 0.1) is 11.3 Å². The first-order chi connectivity index (χ1) is 13.6. The highest BCUT2D eigenvalue weighted by Gasteiger charge is 2.09. The van der Waals surface area contributed by atoms with Crippen LogP contribution < -0.4 is 20.1 Å². The van der Waals surface area contributed by atoms with E-state index >= 15 is 0 Å². The minimum absolute atomic E-state index is 0.298. The molecule has 2 aromatic carbocycles. The van der Waals surface area contributed by atoms with Crippen LogP contribution in [0.15, 0.2) is 60.8 Å². The number of nitrogens with one attached hydrogen (secondary N) is 2. The first-order valence-corrected chi connectivity index (χ1v) is 8.39. The zero-order chi connectivity index (χ0) is 19.9. The molecule has 0 radical (unpaired) electrons. The number of hydrogen-bond acceptors (Lipinski definition) is 6. The van der Waals surface area contributed by atoms with Crippen molar-refractivity contribution < 1.29 is 14.3 Å². The Kier molecular flexibility index (Phi) is 5.72. The Hall–Kier alpha value is -4.05. The molecule has 0 aliphatic heterocycles. The quantitative estimate of drug-likeness (QED) is 0.678. The van der Waals surface area contributed by atoms with Gasteiger partial charge >= 0.3 is 0 Å². The highest BCUT2D eigenvalue weighted by Crippen LogP contribution is 2.30. The molecule has 0 aliphatic rings. The minimum Gasteiger partial charge on any atom is -0.493 e. The number of carbonyl (C=O) groups is 1. The molecule has 1 heterocycles. The number of benzene rings is 2. The lowest BCUT2D eigenvalue weighted by atomic mass is 10.2. The van der Waals surface area contributed by atoms with Gasteiger partial charge in [-0.1, -0.05) is 6.07 Å². The van der Waals surface area contributed by atoms with E-state index < -0.39 is 0 Å². The van der Waals surface area contributed by atoms with Gasteiger partial charge in [-0.25, -0.2) is 4.98 Å². The van der Waals surface area contributed by atoms with Gasteiger partial charge in [0.2, 0.25) is 0 Å². The molecule has 0 saturated heterocycles. The van der Waals surface area contributed by atoms with E-state index in [-0.39, 0.29) is 5.91 Å². The van der Waals surface area contributed by atoms with Gasteiger partial charge in [0.05, 0.1) is 25.9 Å². The Bertz CT molecular complexity index is 1040. The number of anilines is 3. The Morgan fingerprint density at radius 2 is 1.82 bits per heavy atom. The predicted molar refractivity (Wildman–Crippen MR) is 106 cm³/mol. The topological polar surface area (TPSA) is 96.3 Å². The van der Waals surface area contributed by atoms with E-state index in [0.717, 1.165) is 5.69 Å². The maximum absolute atomic E-state index is 12.5. The number of carbonyl (C=O) groups excluding carboxylic acids is 1. The molecule has 0 spiro atoms. The number of rotatable bonds is 6. The highest BCUT2D eigenvalue weighted by atomic mass is 16.5. The van der Waals surface area contributed by atoms with Crippen molar-refractivity contribution >= 4 is 23.1 Å². The van der Waals surface area contributed by atoms with Crippen LogP contribution in [-0.2, 0) is 0 Å². The molecular formula is C21H18N4O3. The molecule has 1 amide bonds. The Labute approximate surface area is 162 Å². The molecule has 0 unspecified atom stereocenters. The highest BCUT2D eigenvalue weighted by molar-refractivity contribution is 6.04. The largest absolute Gasteiger partial charge is 0.493 e. The number of aromatic nitrogens is 1. The van der Waals surface area contributed by atoms with Crippen LogP contribution in [-0.4, -0.2) is 25.1 Å². The van der Waals surface area contributed by atoms with Crippen molar-refractivity contribution in [3.05, 3.63) is 71.9 Å². The van der Waals surface area contributed by atoms with Gasteiger partial charge in [-0.2, -0.15) is 5.26 Å². The third-order valence-electron chi connectivity index (χ3n) is 3.93. The molecule has 3 rings (SSSR count). The van der Waals surface area contributed by atoms with Crippen molar-refractivity contribution in [2.24, 2.45) is 0 Å². The molecule has 3 aromatic rings. The van der Waals surface area contributed by atoms with Crippen LogP contribution in [0.4, 0.5) is 17.2 Å². The van der Waals surface area contributed by atoms with E-state index in [0.29, 0.717) is 34.1 Å². The second kappa shape index (κ2) is 8.56. The summed E-state index contributed by atoms with van der Waals surface area (Å²) in [7, 11) is 3.13. The zero-order valence-electron chi connectivity index (χ0n) is 15.4. The van der Waals surface area contributed by atoms with E-state index in [9.17, 15) is 4.79 Å². The molecule has 0 saturated carbocycles. The maximum atomic E-state index is 12.5. The molecule has 0 atom stereocenters. The molecule has 0 aliphatic carbocycles. The van der Waals surface area contributed by atoms with Crippen molar-refractivity contribution in [3.63, 3.8) is 0 Å². The number of methoxy groups -OCH3 is 2. The monoisotopic (exact) mass is 374 g/mol. The van der Waals surface area contributed by atoms with E-state index in [1.165, 1.54) is 0 Å². The molecule has 7 heteroatoms. The van der Waals surface area contributed by atoms with Gasteiger partial charge in [0, 0.05) is 29.2 Å². The van der Waals surface area contributed by atoms with Gasteiger partial charge < -0.3 is 20.1 Å². The molecule has 0 bridgehead atoms. The fourth-order valence-corrected chi connectivity index (χ4v) is 2.57. The fraction of sp³-hybridized carbons (Fsp3) is 0.0952. The second-order valence-electron chi connectivity index (χ2n) is 5.77. The molecule has 140 valence electrons. The molecule has 0 fully saturated rings. The van der Waals surface area contributed by atoms with E-state index in [2.05, 4.69) is 15.6 Å². The molecular weight excluding hydrogens is 356 g/mol. The van der Waals surface area contributed by atoms with Crippen molar-refractivity contribution in [1.29, 1.82) is 5.26 Å². The van der Waals surface area contributed by atoms with Gasteiger partial charge in [0.25, 0.3) is 5.91 Å². The molecule has 1 aromatic heterocycles. The van der Waals surface area contributed by atoms with Gasteiger partial charge in [-0.15, -0.1) is 0 Å². The number of nitrogens with zero attached hydrogens (tertiary/aromatic N) is 2. The Morgan fingerprint density at radius 3 is 2.57 bits per heavy atom. The molecule has 2 N–H and O–H groups in total. The lowest BCUT2D eigenvalue weighted by molar-refractivity contribution is 0.102. The number of amides is 1. The minimum atomic E-state index is -0.298. The van der Waals surface area contributed by atoms with Gasteiger partial charge in [0.1, 0.15) is 5.82 Å². The summed E-state index contributed by atoms with van der Waals surface area (Å²) in [4.78, 5) is 16.8. The second-order valence-corrected chi connectivity index (χ2v) is 5.77. The number of ether oxygens (including phenoxy) is 2. The van der Waals surface area contributed by atoms with Crippen LogP contribution in [0.25, 0.3) is 0 Å². The Balaban J connectivity index is 1.76. The third kappa shape index (κ3) is 4.37. The molecule has 7 nitrogen and oxygen atoms in total. The summed E-state index contributed by atoms with van der Waals surface area (Å²) in [6, 6.07) is 17.4. The number of nitriles is 1. The summed E-state index contributed by atoms with van der Waals surface area (Å²) >= 11 is 0. The number of hydrogen-bond donors (Lipinski definition) is 2. The summed E-state index contributed by atoms with van der Waals surface area (Å²) < 4.78 is 10.5. The van der Waals surface area contributed by atoms with E-state index in [1.807, 2.05) is 12.1 Å². The van der Waals surface area contributed by atoms with Crippen LogP contribution in [0.2, 0.25) is 0 Å². The van der Waals surface area contributed by atoms with Crippen LogP contribution >= 0.6 is 0 Å². The summed E-state index contributed by atoms with van der Waals surface area (Å²) in [5, 5.41) is 14.9. The zero-order valence-corrected chi connectivity index (χ0v) is 15.4. The van der Waals surface area contributed by atoms with E-state index in [4.69, 9.17) is 14.7 Å². The van der Waals surface area contributed by atoms with Gasteiger partial charge in [-0.3, -0.25) is 4.79 Å². The van der Waals surface area contributed by atoms with Crippen LogP contribution in [0.1, 0.15) is 15.9 Å². The summed E-state index contributed by atoms with van der Waals surface area (Å²) in [6.45, 7) is 0. The van der Waals surface area contributed by atoms with Crippen molar-refractivity contribution in [1.82, 2.24) is 4.98 Å². The predicted octanol–water partition coefficient (Wildman–Crippen LogP) is 3.97. The smallest absolute Gasteiger partial charge is 0.255 e. The standard InChI is InChI=1S/C21H18N4O3/c1-27-18-7-6-17(12-19(18)28-2)24-20-11-15(8-9-23-20)21(26)25-16-5-3-4-14(10-16)13-22/h3-12H,1-2H3,(H,23,24)(H,25,26). The summed E-state index contributed by atoms with van der Waals surface area (Å²) in [6.07, 6.45) is 1.55. The lowest BCUT2D eigenvalue weighted by Gasteiger charge is -2.11. The van der Waals surface area contributed by atoms with Crippen molar-refractivity contribution in [3.8, 4) is 17.6 Å². The first-order valence-electron chi connectivity index (χ1n) is 8.39. The van der Waals surface area contributed by atoms with Gasteiger partial charge in [0.15, 0.2) is 11.5 Å². The maximum Gasteiger partial charge on any atom is 0.255 e. The fourth-order valence-electron chi connectivity index (χ4n) is 2.57. The van der Waals surface area contributed by atoms with Gasteiger partial charge in [-0.05, 0) is 42.5 Å². The van der Waals surface area contributed by atoms with Crippen LogP contribution in [0.5, 0.6) is 11.5 Å². The summed E-state index contributed by atoms with van der Waals surface area (Å²) in [5.41, 5.74) is 2.20. The van der Waals surface area contributed by atoms with E-state index in [1.54, 1.807) is 68.9 Å². The van der Waals surface area contributed by atoms with Crippen molar-refractivity contribution in [2.75, 3.05) is 24.9 Å². The molecule has 28 heavy (non-hydrogen) atoms. The normalized spacial score (nSPS) is 9.89. The lowest BCUT2D eigenvalue weighted by Crippen LogP contribution is -2.12. The van der Waals surface area contributed by atoms with Crippen LogP contribution in [0.3, 0.4) is 0 Å². The first kappa shape index (κ1) is 18.7. The average Bonchev–Trinajstić information content (AvgIpc) is 2.74. The number of pyridine rings is 1. The SMILES string of the molecule is COc1ccc(Nc2cc(C(=O)Nc3cccc(C#N)c3)ccn2)cc1OC. The Morgan fingerprint density at radius 1 is 1.00 bits per heavy atom.